The Kier molecular flexibility index (Phi) is 11.6. The first-order valence-electron chi connectivity index (χ1n) is 8.57. The fourth-order valence-electron chi connectivity index (χ4n) is 2.19. The number of aliphatic hydroxyl groups is 1. The number of hydrogen-bond acceptors (Lipinski definition) is 4. The average molecular weight is 385 g/mol. The summed E-state index contributed by atoms with van der Waals surface area (Å²) in [6.45, 7) is 3.54. The van der Waals surface area contributed by atoms with Gasteiger partial charge in [0.15, 0.2) is 0 Å². The van der Waals surface area contributed by atoms with Crippen LogP contribution in [0.3, 0.4) is 0 Å². The fraction of sp³-hybridized carbons (Fsp3) is 0.611. The van der Waals surface area contributed by atoms with Crippen molar-refractivity contribution in [3.8, 4) is 5.75 Å². The summed E-state index contributed by atoms with van der Waals surface area (Å²) < 4.78 is 6.76. The molecule has 0 heterocycles. The molecule has 0 fully saturated rings. The van der Waals surface area contributed by atoms with Crippen molar-refractivity contribution in [2.24, 2.45) is 5.10 Å². The number of rotatable bonds is 13. The third-order valence-electron chi connectivity index (χ3n) is 3.49. The van der Waals surface area contributed by atoms with Gasteiger partial charge in [0.05, 0.1) is 30.4 Å². The van der Waals surface area contributed by atoms with Gasteiger partial charge < -0.3 is 15.3 Å². The van der Waals surface area contributed by atoms with E-state index in [2.05, 4.69) is 33.4 Å². The zero-order chi connectivity index (χ0) is 16.8. The third-order valence-corrected chi connectivity index (χ3v) is 4.11. The Balaban J connectivity index is 2.23. The summed E-state index contributed by atoms with van der Waals surface area (Å²) in [5, 5.41) is 12.7. The van der Waals surface area contributed by atoms with Crippen molar-refractivity contribution in [3.05, 3.63) is 28.2 Å². The standard InChI is InChI=1S/C18H29BrN2O2/c1-2-3-4-5-6-7-8-13-23-18-10-9-16(14-17(18)19)15-21-20-11-12-22/h9-10,14-15,20,22H,2-8,11-13H2,1H3/b21-15+. The number of unbranched alkanes of at least 4 members (excludes halogenated alkanes) is 6. The smallest absolute Gasteiger partial charge is 0.133 e. The highest BCUT2D eigenvalue weighted by molar-refractivity contribution is 9.10. The van der Waals surface area contributed by atoms with Gasteiger partial charge in [0.2, 0.25) is 0 Å². The van der Waals surface area contributed by atoms with Gasteiger partial charge in [-0.25, -0.2) is 0 Å². The number of aliphatic hydroxyl groups excluding tert-OH is 1. The summed E-state index contributed by atoms with van der Waals surface area (Å²) in [4.78, 5) is 0. The molecule has 0 aromatic heterocycles. The Morgan fingerprint density at radius 2 is 1.91 bits per heavy atom. The van der Waals surface area contributed by atoms with Crippen LogP contribution in [0.5, 0.6) is 5.75 Å². The average Bonchev–Trinajstić information content (AvgIpc) is 2.55. The summed E-state index contributed by atoms with van der Waals surface area (Å²) in [6.07, 6.45) is 10.7. The van der Waals surface area contributed by atoms with Gasteiger partial charge in [-0.15, -0.1) is 0 Å². The summed E-state index contributed by atoms with van der Waals surface area (Å²) in [5.41, 5.74) is 3.73. The topological polar surface area (TPSA) is 53.8 Å². The fourth-order valence-corrected chi connectivity index (χ4v) is 2.70. The van der Waals surface area contributed by atoms with E-state index in [0.29, 0.717) is 6.54 Å². The second kappa shape index (κ2) is 13.4. The van der Waals surface area contributed by atoms with E-state index >= 15 is 0 Å². The lowest BCUT2D eigenvalue weighted by Gasteiger charge is -2.09. The van der Waals surface area contributed by atoms with E-state index in [1.807, 2.05) is 18.2 Å². The van der Waals surface area contributed by atoms with E-state index in [-0.39, 0.29) is 6.61 Å². The molecule has 5 heteroatoms. The quantitative estimate of drug-likeness (QED) is 0.299. The van der Waals surface area contributed by atoms with E-state index in [1.54, 1.807) is 6.21 Å². The van der Waals surface area contributed by atoms with Gasteiger partial charge in [-0.2, -0.15) is 5.10 Å². The minimum absolute atomic E-state index is 0.0758. The van der Waals surface area contributed by atoms with Crippen LogP contribution in [0, 0.1) is 0 Å². The van der Waals surface area contributed by atoms with Crippen LogP contribution >= 0.6 is 15.9 Å². The molecule has 0 radical (unpaired) electrons. The molecule has 0 saturated heterocycles. The molecule has 1 rings (SSSR count). The molecular weight excluding hydrogens is 356 g/mol. The van der Waals surface area contributed by atoms with E-state index in [0.717, 1.165) is 28.8 Å². The first-order chi connectivity index (χ1) is 11.3. The SMILES string of the molecule is CCCCCCCCCOc1ccc(/C=N/NCCO)cc1Br. The maximum Gasteiger partial charge on any atom is 0.133 e. The van der Waals surface area contributed by atoms with Crippen molar-refractivity contribution in [2.75, 3.05) is 19.8 Å². The number of hydrazone groups is 1. The van der Waals surface area contributed by atoms with Crippen LogP contribution in [0.25, 0.3) is 0 Å². The minimum Gasteiger partial charge on any atom is -0.492 e. The lowest BCUT2D eigenvalue weighted by atomic mass is 10.1. The van der Waals surface area contributed by atoms with Crippen LogP contribution in [-0.4, -0.2) is 31.1 Å². The van der Waals surface area contributed by atoms with Gasteiger partial charge in [-0.1, -0.05) is 45.4 Å². The first kappa shape index (κ1) is 20.0. The lowest BCUT2D eigenvalue weighted by molar-refractivity contribution is 0.294. The highest BCUT2D eigenvalue weighted by Gasteiger charge is 2.02. The molecule has 0 aliphatic rings. The Bertz CT molecular complexity index is 453. The minimum atomic E-state index is 0.0758. The maximum atomic E-state index is 8.66. The van der Waals surface area contributed by atoms with Crippen LogP contribution < -0.4 is 10.2 Å². The molecule has 0 bridgehead atoms. The Hall–Kier alpha value is -1.07. The molecule has 130 valence electrons. The van der Waals surface area contributed by atoms with Crippen LogP contribution in [0.4, 0.5) is 0 Å². The number of nitrogens with one attached hydrogen (secondary N) is 1. The summed E-state index contributed by atoms with van der Waals surface area (Å²) >= 11 is 3.53. The molecular formula is C18H29BrN2O2. The van der Waals surface area contributed by atoms with E-state index in [9.17, 15) is 0 Å². The molecule has 1 aromatic rings. The lowest BCUT2D eigenvalue weighted by Crippen LogP contribution is -2.11. The van der Waals surface area contributed by atoms with E-state index in [1.165, 1.54) is 38.5 Å². The van der Waals surface area contributed by atoms with Gasteiger partial charge in [-0.05, 0) is 46.1 Å². The number of nitrogens with zero attached hydrogens (tertiary/aromatic N) is 1. The third kappa shape index (κ3) is 9.61. The monoisotopic (exact) mass is 384 g/mol. The molecule has 4 nitrogen and oxygen atoms in total. The van der Waals surface area contributed by atoms with Crippen molar-refractivity contribution in [3.63, 3.8) is 0 Å². The number of benzene rings is 1. The predicted octanol–water partition coefficient (Wildman–Crippen LogP) is 4.49. The van der Waals surface area contributed by atoms with Crippen molar-refractivity contribution >= 4 is 22.1 Å². The molecule has 0 unspecified atom stereocenters. The second-order valence-corrected chi connectivity index (χ2v) is 6.40. The number of halogens is 1. The Morgan fingerprint density at radius 3 is 2.61 bits per heavy atom. The number of hydrogen-bond donors (Lipinski definition) is 2. The molecule has 0 atom stereocenters. The predicted molar refractivity (Wildman–Crippen MR) is 100 cm³/mol. The highest BCUT2D eigenvalue weighted by atomic mass is 79.9. The zero-order valence-corrected chi connectivity index (χ0v) is 15.6. The zero-order valence-electron chi connectivity index (χ0n) is 14.1. The van der Waals surface area contributed by atoms with Crippen molar-refractivity contribution in [1.29, 1.82) is 0 Å². The van der Waals surface area contributed by atoms with Crippen molar-refractivity contribution in [1.82, 2.24) is 5.43 Å². The maximum absolute atomic E-state index is 8.66. The largest absolute Gasteiger partial charge is 0.492 e. The molecule has 23 heavy (non-hydrogen) atoms. The molecule has 2 N–H and O–H groups in total. The van der Waals surface area contributed by atoms with Crippen LogP contribution in [0.2, 0.25) is 0 Å². The van der Waals surface area contributed by atoms with E-state index < -0.39 is 0 Å². The molecule has 1 aromatic carbocycles. The summed E-state index contributed by atoms with van der Waals surface area (Å²) in [7, 11) is 0. The van der Waals surface area contributed by atoms with Gasteiger partial charge in [0, 0.05) is 0 Å². The molecule has 0 spiro atoms. The van der Waals surface area contributed by atoms with Gasteiger partial charge in [-0.3, -0.25) is 0 Å². The normalized spacial score (nSPS) is 11.1. The van der Waals surface area contributed by atoms with Crippen LogP contribution in [0.15, 0.2) is 27.8 Å². The first-order valence-corrected chi connectivity index (χ1v) is 9.36. The van der Waals surface area contributed by atoms with Gasteiger partial charge in [0.1, 0.15) is 5.75 Å². The Morgan fingerprint density at radius 1 is 1.17 bits per heavy atom. The van der Waals surface area contributed by atoms with Gasteiger partial charge in [0.25, 0.3) is 0 Å². The molecule has 0 saturated carbocycles. The van der Waals surface area contributed by atoms with Crippen LogP contribution in [-0.2, 0) is 0 Å². The van der Waals surface area contributed by atoms with Gasteiger partial charge >= 0.3 is 0 Å². The number of ether oxygens (including phenoxy) is 1. The summed E-state index contributed by atoms with van der Waals surface area (Å²) in [6, 6.07) is 5.90. The van der Waals surface area contributed by atoms with E-state index in [4.69, 9.17) is 9.84 Å². The van der Waals surface area contributed by atoms with Crippen molar-refractivity contribution in [2.45, 2.75) is 51.9 Å². The summed E-state index contributed by atoms with van der Waals surface area (Å²) in [5.74, 6) is 0.872. The highest BCUT2D eigenvalue weighted by Crippen LogP contribution is 2.25. The molecule has 0 aliphatic carbocycles. The molecule has 0 aliphatic heterocycles. The molecule has 0 amide bonds. The van der Waals surface area contributed by atoms with Crippen LogP contribution in [0.1, 0.15) is 57.4 Å². The van der Waals surface area contributed by atoms with Crippen molar-refractivity contribution < 1.29 is 9.84 Å². The Labute approximate surface area is 148 Å². The second-order valence-electron chi connectivity index (χ2n) is 5.55.